The molecule has 7 nitrogen and oxygen atoms in total. The maximum absolute atomic E-state index is 12.2. The number of carbonyl (C=O) groups is 2. The van der Waals surface area contributed by atoms with E-state index in [1.807, 2.05) is 6.92 Å². The van der Waals surface area contributed by atoms with Crippen LogP contribution in [0.3, 0.4) is 0 Å². The van der Waals surface area contributed by atoms with E-state index in [-0.39, 0.29) is 24.9 Å². The largest absolute Gasteiger partial charge is 0.495 e. The van der Waals surface area contributed by atoms with Crippen LogP contribution in [0, 0.1) is 0 Å². The van der Waals surface area contributed by atoms with Crippen molar-refractivity contribution in [1.29, 1.82) is 0 Å². The minimum atomic E-state index is -0.281. The van der Waals surface area contributed by atoms with Gasteiger partial charge in [-0.15, -0.1) is 0 Å². The third-order valence-electron chi connectivity index (χ3n) is 3.71. The number of hydrogen-bond donors (Lipinski definition) is 2. The van der Waals surface area contributed by atoms with E-state index in [4.69, 9.17) is 21.1 Å². The van der Waals surface area contributed by atoms with Gasteiger partial charge in [0.25, 0.3) is 0 Å². The molecule has 0 aliphatic heterocycles. The summed E-state index contributed by atoms with van der Waals surface area (Å²) in [5, 5.41) is 6.01. The summed E-state index contributed by atoms with van der Waals surface area (Å²) in [5.74, 6) is 0.746. The van der Waals surface area contributed by atoms with Crippen LogP contribution in [-0.4, -0.2) is 50.6 Å². The van der Waals surface area contributed by atoms with E-state index >= 15 is 0 Å². The van der Waals surface area contributed by atoms with Gasteiger partial charge in [-0.2, -0.15) is 0 Å². The smallest absolute Gasteiger partial charge is 0.238 e. The SMILES string of the molecule is CCOc1ccc(NC(=O)CN(C)CC(=O)Nc2cc(Cl)ccc2OC)cc1. The molecule has 0 aliphatic rings. The molecule has 0 fully saturated rings. The molecule has 0 aromatic heterocycles. The second-order valence-electron chi connectivity index (χ2n) is 6.07. The highest BCUT2D eigenvalue weighted by Crippen LogP contribution is 2.27. The van der Waals surface area contributed by atoms with Gasteiger partial charge in [0.1, 0.15) is 11.5 Å². The Balaban J connectivity index is 1.83. The standard InChI is InChI=1S/C20H24ClN3O4/c1-4-28-16-8-6-15(7-9-16)22-19(25)12-24(2)13-20(26)23-17-11-14(21)5-10-18(17)27-3/h5-11H,4,12-13H2,1-3H3,(H,22,25)(H,23,26). The number of halogens is 1. The fourth-order valence-corrected chi connectivity index (χ4v) is 2.69. The lowest BCUT2D eigenvalue weighted by atomic mass is 10.3. The van der Waals surface area contributed by atoms with Gasteiger partial charge in [-0.1, -0.05) is 11.6 Å². The number of anilines is 2. The monoisotopic (exact) mass is 405 g/mol. The molecule has 8 heteroatoms. The topological polar surface area (TPSA) is 79.9 Å². The fraction of sp³-hybridized carbons (Fsp3) is 0.300. The van der Waals surface area contributed by atoms with Crippen molar-refractivity contribution in [1.82, 2.24) is 4.90 Å². The van der Waals surface area contributed by atoms with Crippen LogP contribution >= 0.6 is 11.6 Å². The number of nitrogens with zero attached hydrogens (tertiary/aromatic N) is 1. The molecule has 0 aliphatic carbocycles. The zero-order valence-corrected chi connectivity index (χ0v) is 16.9. The first-order chi connectivity index (χ1) is 13.4. The van der Waals surface area contributed by atoms with Gasteiger partial charge < -0.3 is 20.1 Å². The van der Waals surface area contributed by atoms with E-state index in [0.717, 1.165) is 5.75 Å². The van der Waals surface area contributed by atoms with Crippen LogP contribution in [0.5, 0.6) is 11.5 Å². The van der Waals surface area contributed by atoms with Gasteiger partial charge in [0.2, 0.25) is 11.8 Å². The van der Waals surface area contributed by atoms with Crippen molar-refractivity contribution in [3.05, 3.63) is 47.5 Å². The summed E-state index contributed by atoms with van der Waals surface area (Å²) in [7, 11) is 3.20. The van der Waals surface area contributed by atoms with Gasteiger partial charge in [-0.05, 0) is 56.4 Å². The van der Waals surface area contributed by atoms with Crippen molar-refractivity contribution in [2.24, 2.45) is 0 Å². The molecule has 2 rings (SSSR count). The molecular weight excluding hydrogens is 382 g/mol. The van der Waals surface area contributed by atoms with E-state index < -0.39 is 0 Å². The number of benzene rings is 2. The molecule has 2 aromatic rings. The van der Waals surface area contributed by atoms with Crippen molar-refractivity contribution in [3.8, 4) is 11.5 Å². The Morgan fingerprint density at radius 1 is 1.04 bits per heavy atom. The van der Waals surface area contributed by atoms with Gasteiger partial charge >= 0.3 is 0 Å². The van der Waals surface area contributed by atoms with E-state index in [1.165, 1.54) is 7.11 Å². The molecule has 2 N–H and O–H groups in total. The number of likely N-dealkylation sites (N-methyl/N-ethyl adjacent to an activating group) is 1. The van der Waals surface area contributed by atoms with Gasteiger partial charge in [-0.3, -0.25) is 14.5 Å². The average molecular weight is 406 g/mol. The Bertz CT molecular complexity index is 812. The van der Waals surface area contributed by atoms with Gasteiger partial charge in [0.05, 0.1) is 32.5 Å². The highest BCUT2D eigenvalue weighted by molar-refractivity contribution is 6.31. The Hall–Kier alpha value is -2.77. The summed E-state index contributed by atoms with van der Waals surface area (Å²) in [6.07, 6.45) is 0. The summed E-state index contributed by atoms with van der Waals surface area (Å²) in [4.78, 5) is 26.0. The molecule has 0 unspecified atom stereocenters. The van der Waals surface area contributed by atoms with Gasteiger partial charge in [0, 0.05) is 10.7 Å². The Kier molecular flexibility index (Phi) is 8.10. The zero-order chi connectivity index (χ0) is 20.5. The Morgan fingerprint density at radius 2 is 1.68 bits per heavy atom. The first kappa shape index (κ1) is 21.5. The van der Waals surface area contributed by atoms with E-state index in [2.05, 4.69) is 10.6 Å². The minimum absolute atomic E-state index is 0.0341. The number of carbonyl (C=O) groups excluding carboxylic acids is 2. The molecular formula is C20H24ClN3O4. The molecule has 0 atom stereocenters. The lowest BCUT2D eigenvalue weighted by Gasteiger charge is -2.17. The van der Waals surface area contributed by atoms with Crippen LogP contribution in [-0.2, 0) is 9.59 Å². The highest BCUT2D eigenvalue weighted by Gasteiger charge is 2.13. The predicted molar refractivity (Wildman–Crippen MR) is 110 cm³/mol. The third kappa shape index (κ3) is 6.75. The molecule has 28 heavy (non-hydrogen) atoms. The van der Waals surface area contributed by atoms with Crippen LogP contribution < -0.4 is 20.1 Å². The highest BCUT2D eigenvalue weighted by atomic mass is 35.5. The Labute approximate surface area is 169 Å². The van der Waals surface area contributed by atoms with E-state index in [0.29, 0.717) is 28.8 Å². The van der Waals surface area contributed by atoms with Crippen molar-refractivity contribution in [2.75, 3.05) is 44.5 Å². The maximum atomic E-state index is 12.2. The lowest BCUT2D eigenvalue weighted by molar-refractivity contribution is -0.119. The molecule has 0 saturated heterocycles. The van der Waals surface area contributed by atoms with Crippen LogP contribution in [0.15, 0.2) is 42.5 Å². The summed E-state index contributed by atoms with van der Waals surface area (Å²) < 4.78 is 10.6. The first-order valence-corrected chi connectivity index (χ1v) is 9.13. The first-order valence-electron chi connectivity index (χ1n) is 8.76. The zero-order valence-electron chi connectivity index (χ0n) is 16.1. The lowest BCUT2D eigenvalue weighted by Crippen LogP contribution is -2.36. The molecule has 2 amide bonds. The molecule has 0 radical (unpaired) electrons. The number of nitrogens with one attached hydrogen (secondary N) is 2. The quantitative estimate of drug-likeness (QED) is 0.669. The molecule has 2 aromatic carbocycles. The number of ether oxygens (including phenoxy) is 2. The second-order valence-corrected chi connectivity index (χ2v) is 6.51. The van der Waals surface area contributed by atoms with Crippen molar-refractivity contribution < 1.29 is 19.1 Å². The second kappa shape index (κ2) is 10.5. The summed E-state index contributed by atoms with van der Waals surface area (Å²) in [6, 6.07) is 12.1. The molecule has 0 spiro atoms. The molecule has 0 bridgehead atoms. The normalized spacial score (nSPS) is 10.5. The third-order valence-corrected chi connectivity index (χ3v) is 3.95. The average Bonchev–Trinajstić information content (AvgIpc) is 2.63. The molecule has 0 heterocycles. The van der Waals surface area contributed by atoms with E-state index in [1.54, 1.807) is 54.4 Å². The van der Waals surface area contributed by atoms with Crippen LogP contribution in [0.25, 0.3) is 0 Å². The predicted octanol–water partition coefficient (Wildman–Crippen LogP) is 3.26. The summed E-state index contributed by atoms with van der Waals surface area (Å²) in [6.45, 7) is 2.59. The van der Waals surface area contributed by atoms with Crippen LogP contribution in [0.4, 0.5) is 11.4 Å². The van der Waals surface area contributed by atoms with Gasteiger partial charge in [-0.25, -0.2) is 0 Å². The van der Waals surface area contributed by atoms with Gasteiger partial charge in [0.15, 0.2) is 0 Å². The number of rotatable bonds is 9. The number of methoxy groups -OCH3 is 1. The molecule has 0 saturated carbocycles. The molecule has 150 valence electrons. The number of amides is 2. The van der Waals surface area contributed by atoms with Crippen LogP contribution in [0.2, 0.25) is 5.02 Å². The van der Waals surface area contributed by atoms with Crippen molar-refractivity contribution in [3.63, 3.8) is 0 Å². The fourth-order valence-electron chi connectivity index (χ4n) is 2.52. The van der Waals surface area contributed by atoms with Crippen molar-refractivity contribution in [2.45, 2.75) is 6.92 Å². The van der Waals surface area contributed by atoms with Crippen molar-refractivity contribution >= 4 is 34.8 Å². The number of hydrogen-bond acceptors (Lipinski definition) is 5. The van der Waals surface area contributed by atoms with Crippen LogP contribution in [0.1, 0.15) is 6.92 Å². The van der Waals surface area contributed by atoms with E-state index in [9.17, 15) is 9.59 Å². The Morgan fingerprint density at radius 3 is 2.29 bits per heavy atom. The maximum Gasteiger partial charge on any atom is 0.238 e. The summed E-state index contributed by atoms with van der Waals surface area (Å²) >= 11 is 5.96. The minimum Gasteiger partial charge on any atom is -0.495 e. The summed E-state index contributed by atoms with van der Waals surface area (Å²) in [5.41, 5.74) is 1.14.